The van der Waals surface area contributed by atoms with Crippen molar-refractivity contribution in [3.05, 3.63) is 40.7 Å². The first-order chi connectivity index (χ1) is 10.7. The first-order valence-corrected chi connectivity index (χ1v) is 7.86. The van der Waals surface area contributed by atoms with Crippen molar-refractivity contribution in [2.24, 2.45) is 0 Å². The monoisotopic (exact) mass is 311 g/mol. The molecule has 0 atom stereocenters. The Morgan fingerprint density at radius 1 is 1.36 bits per heavy atom. The van der Waals surface area contributed by atoms with E-state index in [1.54, 1.807) is 12.4 Å². The number of aromatic nitrogens is 2. The van der Waals surface area contributed by atoms with E-state index < -0.39 is 5.97 Å². The minimum absolute atomic E-state index is 0.163. The minimum Gasteiger partial charge on any atom is -0.477 e. The fraction of sp³-hybridized carbons (Fsp3) is 0.188. The van der Waals surface area contributed by atoms with Crippen LogP contribution in [-0.2, 0) is 12.8 Å². The van der Waals surface area contributed by atoms with Crippen LogP contribution in [0.5, 0.6) is 0 Å². The fourth-order valence-electron chi connectivity index (χ4n) is 3.13. The Bertz CT molecular complexity index is 903. The molecule has 1 aliphatic rings. The third-order valence-corrected chi connectivity index (χ3v) is 5.14. The summed E-state index contributed by atoms with van der Waals surface area (Å²) in [5.41, 5.74) is 10.7. The molecular weight excluding hydrogens is 298 g/mol. The lowest BCUT2D eigenvalue weighted by Crippen LogP contribution is -1.99. The number of fused-ring (bicyclic) bond motifs is 2. The molecule has 6 heteroatoms. The number of hydrogen-bond donors (Lipinski definition) is 2. The second-order valence-corrected chi connectivity index (χ2v) is 6.34. The summed E-state index contributed by atoms with van der Waals surface area (Å²) in [6, 6.07) is 3.86. The number of aryl methyl sites for hydroxylation is 1. The summed E-state index contributed by atoms with van der Waals surface area (Å²) < 4.78 is 0. The number of nitrogens with two attached hydrogens (primary N) is 1. The highest BCUT2D eigenvalue weighted by molar-refractivity contribution is 7.21. The Hall–Kier alpha value is -2.47. The van der Waals surface area contributed by atoms with Crippen molar-refractivity contribution in [2.75, 3.05) is 5.73 Å². The summed E-state index contributed by atoms with van der Waals surface area (Å²) in [4.78, 5) is 21.1. The molecule has 0 radical (unpaired) electrons. The van der Waals surface area contributed by atoms with E-state index in [2.05, 4.69) is 9.97 Å². The molecule has 0 amide bonds. The molecule has 0 aromatic carbocycles. The normalized spacial score (nSPS) is 13.5. The van der Waals surface area contributed by atoms with E-state index in [-0.39, 0.29) is 4.88 Å². The second kappa shape index (κ2) is 4.78. The number of carboxylic acids is 1. The van der Waals surface area contributed by atoms with E-state index in [0.717, 1.165) is 52.8 Å². The van der Waals surface area contributed by atoms with Gasteiger partial charge < -0.3 is 10.8 Å². The van der Waals surface area contributed by atoms with E-state index in [0.29, 0.717) is 10.5 Å². The highest BCUT2D eigenvalue weighted by Gasteiger charge is 2.26. The van der Waals surface area contributed by atoms with Crippen LogP contribution in [0.15, 0.2) is 24.5 Å². The van der Waals surface area contributed by atoms with E-state index in [1.165, 1.54) is 5.56 Å². The zero-order valence-electron chi connectivity index (χ0n) is 11.7. The predicted molar refractivity (Wildman–Crippen MR) is 86.2 cm³/mol. The SMILES string of the molecule is Nc1c(C(=O)O)sc2nc3c(c(-c4cccnc4)c12)CCC3. The van der Waals surface area contributed by atoms with Crippen molar-refractivity contribution in [1.82, 2.24) is 9.97 Å². The maximum absolute atomic E-state index is 11.4. The summed E-state index contributed by atoms with van der Waals surface area (Å²) in [6.45, 7) is 0. The van der Waals surface area contributed by atoms with Gasteiger partial charge in [-0.15, -0.1) is 11.3 Å². The van der Waals surface area contributed by atoms with E-state index in [1.807, 2.05) is 12.1 Å². The fourth-order valence-corrected chi connectivity index (χ4v) is 4.10. The Balaban J connectivity index is 2.14. The number of carbonyl (C=O) groups is 1. The first-order valence-electron chi connectivity index (χ1n) is 7.04. The van der Waals surface area contributed by atoms with Crippen LogP contribution in [0.25, 0.3) is 21.3 Å². The van der Waals surface area contributed by atoms with Gasteiger partial charge in [-0.25, -0.2) is 9.78 Å². The molecule has 0 unspecified atom stereocenters. The van der Waals surface area contributed by atoms with Gasteiger partial charge in [-0.05, 0) is 30.9 Å². The Labute approximate surface area is 130 Å². The summed E-state index contributed by atoms with van der Waals surface area (Å²) in [5.74, 6) is -1.00. The average molecular weight is 311 g/mol. The molecule has 0 saturated carbocycles. The third kappa shape index (κ3) is 1.80. The molecule has 3 N–H and O–H groups in total. The second-order valence-electron chi connectivity index (χ2n) is 5.34. The van der Waals surface area contributed by atoms with Crippen molar-refractivity contribution in [3.8, 4) is 11.1 Å². The van der Waals surface area contributed by atoms with Crippen molar-refractivity contribution < 1.29 is 9.90 Å². The van der Waals surface area contributed by atoms with Crippen LogP contribution < -0.4 is 5.73 Å². The molecular formula is C16H13N3O2S. The van der Waals surface area contributed by atoms with Crippen molar-refractivity contribution in [1.29, 1.82) is 0 Å². The van der Waals surface area contributed by atoms with Crippen molar-refractivity contribution in [3.63, 3.8) is 0 Å². The van der Waals surface area contributed by atoms with Crippen LogP contribution in [0.4, 0.5) is 5.69 Å². The number of nitrogens with zero attached hydrogens (tertiary/aromatic N) is 2. The first kappa shape index (κ1) is 13.2. The number of thiophene rings is 1. The molecule has 3 heterocycles. The smallest absolute Gasteiger partial charge is 0.348 e. The van der Waals surface area contributed by atoms with Gasteiger partial charge in [0.2, 0.25) is 0 Å². The predicted octanol–water partition coefficient (Wildman–Crippen LogP) is 3.13. The summed E-state index contributed by atoms with van der Waals surface area (Å²) in [7, 11) is 0. The topological polar surface area (TPSA) is 89.1 Å². The van der Waals surface area contributed by atoms with Crippen LogP contribution in [0.2, 0.25) is 0 Å². The molecule has 0 fully saturated rings. The molecule has 1 aliphatic carbocycles. The Morgan fingerprint density at radius 2 is 2.23 bits per heavy atom. The van der Waals surface area contributed by atoms with Crippen molar-refractivity contribution in [2.45, 2.75) is 19.3 Å². The molecule has 0 bridgehead atoms. The van der Waals surface area contributed by atoms with Crippen LogP contribution in [0, 0.1) is 0 Å². The maximum atomic E-state index is 11.4. The molecule has 3 aromatic rings. The standard InChI is InChI=1S/C16H13N3O2S/c17-13-12-11(8-3-2-6-18-7-8)9-4-1-5-10(9)19-15(12)22-14(13)16(20)21/h2-3,6-7H,1,4-5,17H2,(H,20,21). The quantitative estimate of drug-likeness (QED) is 0.759. The third-order valence-electron chi connectivity index (χ3n) is 4.05. The highest BCUT2D eigenvalue weighted by Crippen LogP contribution is 2.43. The number of anilines is 1. The number of hydrogen-bond acceptors (Lipinski definition) is 5. The molecule has 110 valence electrons. The number of nitrogen functional groups attached to an aromatic ring is 1. The van der Waals surface area contributed by atoms with Gasteiger partial charge in [0.05, 0.1) is 5.69 Å². The number of pyridine rings is 2. The molecule has 0 saturated heterocycles. The van der Waals surface area contributed by atoms with E-state index in [4.69, 9.17) is 5.73 Å². The van der Waals surface area contributed by atoms with Crippen LogP contribution in [0.1, 0.15) is 27.3 Å². The molecule has 0 aliphatic heterocycles. The van der Waals surface area contributed by atoms with E-state index >= 15 is 0 Å². The van der Waals surface area contributed by atoms with Gasteiger partial charge in [0.25, 0.3) is 0 Å². The zero-order chi connectivity index (χ0) is 15.3. The summed E-state index contributed by atoms with van der Waals surface area (Å²) in [6.07, 6.45) is 6.46. The Kier molecular flexibility index (Phi) is 2.87. The number of rotatable bonds is 2. The van der Waals surface area contributed by atoms with Gasteiger partial charge in [0, 0.05) is 34.6 Å². The minimum atomic E-state index is -1.00. The molecule has 22 heavy (non-hydrogen) atoms. The zero-order valence-corrected chi connectivity index (χ0v) is 12.5. The number of aromatic carboxylic acids is 1. The average Bonchev–Trinajstić information content (AvgIpc) is 3.11. The van der Waals surface area contributed by atoms with Gasteiger partial charge in [-0.1, -0.05) is 6.07 Å². The van der Waals surface area contributed by atoms with E-state index in [9.17, 15) is 9.90 Å². The summed E-state index contributed by atoms with van der Waals surface area (Å²) >= 11 is 1.15. The lowest BCUT2D eigenvalue weighted by molar-refractivity contribution is 0.0703. The van der Waals surface area contributed by atoms with Crippen LogP contribution in [0.3, 0.4) is 0 Å². The van der Waals surface area contributed by atoms with Crippen LogP contribution in [-0.4, -0.2) is 21.0 Å². The molecule has 0 spiro atoms. The lowest BCUT2D eigenvalue weighted by atomic mass is 9.97. The summed E-state index contributed by atoms with van der Waals surface area (Å²) in [5, 5.41) is 10.1. The van der Waals surface area contributed by atoms with Crippen LogP contribution >= 0.6 is 11.3 Å². The molecule has 3 aromatic heterocycles. The highest BCUT2D eigenvalue weighted by atomic mass is 32.1. The van der Waals surface area contributed by atoms with Gasteiger partial charge in [-0.2, -0.15) is 0 Å². The van der Waals surface area contributed by atoms with Gasteiger partial charge in [0.1, 0.15) is 9.71 Å². The molecule has 5 nitrogen and oxygen atoms in total. The number of carboxylic acid groups (broad SMARTS) is 1. The van der Waals surface area contributed by atoms with Gasteiger partial charge >= 0.3 is 5.97 Å². The van der Waals surface area contributed by atoms with Gasteiger partial charge in [-0.3, -0.25) is 4.98 Å². The van der Waals surface area contributed by atoms with Crippen molar-refractivity contribution >= 4 is 33.2 Å². The largest absolute Gasteiger partial charge is 0.477 e. The molecule has 4 rings (SSSR count). The Morgan fingerprint density at radius 3 is 2.95 bits per heavy atom. The maximum Gasteiger partial charge on any atom is 0.348 e. The van der Waals surface area contributed by atoms with Gasteiger partial charge in [0.15, 0.2) is 0 Å². The lowest BCUT2D eigenvalue weighted by Gasteiger charge is -2.10.